The van der Waals surface area contributed by atoms with Gasteiger partial charge in [-0.2, -0.15) is 0 Å². The molecule has 0 N–H and O–H groups in total. The lowest BCUT2D eigenvalue weighted by Gasteiger charge is -2.10. The number of rotatable bonds is 4. The van der Waals surface area contributed by atoms with Crippen LogP contribution in [0.2, 0.25) is 0 Å². The fourth-order valence-electron chi connectivity index (χ4n) is 3.01. The smallest absolute Gasteiger partial charge is 0.378 e. The quantitative estimate of drug-likeness (QED) is 0.392. The van der Waals surface area contributed by atoms with Crippen molar-refractivity contribution in [3.63, 3.8) is 0 Å². The highest BCUT2D eigenvalue weighted by Crippen LogP contribution is 2.27. The minimum Gasteiger partial charge on any atom is -0.460 e. The predicted octanol–water partition coefficient (Wildman–Crippen LogP) is 2.70. The Hall–Kier alpha value is -3.88. The molecule has 0 unspecified atom stereocenters. The number of ether oxygens (including phenoxy) is 1. The first-order valence-electron chi connectivity index (χ1n) is 8.60. The molecule has 0 radical (unpaired) electrons. The molecule has 1 aliphatic heterocycles. The summed E-state index contributed by atoms with van der Waals surface area (Å²) in [6, 6.07) is 13.8. The SMILES string of the molecule is CCOC(=O)c1nc2n(n1)-c1ccc([N+](=O)[O-])cc1C(c1ccccc1)=NC2. The van der Waals surface area contributed by atoms with Crippen molar-refractivity contribution in [3.8, 4) is 5.69 Å². The lowest BCUT2D eigenvalue weighted by Crippen LogP contribution is -2.11. The van der Waals surface area contributed by atoms with Crippen LogP contribution in [0.1, 0.15) is 34.5 Å². The standard InChI is InChI=1S/C19H15N5O4/c1-2-28-19(25)18-21-16-11-20-17(12-6-4-3-5-7-12)14-10-13(24(26)27)8-9-15(14)23(16)22-18/h3-10H,2,11H2,1H3. The summed E-state index contributed by atoms with van der Waals surface area (Å²) in [5, 5.41) is 15.6. The first-order chi connectivity index (χ1) is 13.6. The predicted molar refractivity (Wildman–Crippen MR) is 99.8 cm³/mol. The number of nitro groups is 1. The summed E-state index contributed by atoms with van der Waals surface area (Å²) in [5.41, 5.74) is 2.46. The summed E-state index contributed by atoms with van der Waals surface area (Å²) in [4.78, 5) is 31.7. The molecule has 0 saturated heterocycles. The van der Waals surface area contributed by atoms with Crippen molar-refractivity contribution in [3.05, 3.63) is 81.4 Å². The number of non-ortho nitro benzene ring substituents is 1. The number of aliphatic imine (C=N–C) groups is 1. The summed E-state index contributed by atoms with van der Waals surface area (Å²) >= 11 is 0. The molecule has 1 aliphatic rings. The Balaban J connectivity index is 1.91. The van der Waals surface area contributed by atoms with Crippen LogP contribution in [0.5, 0.6) is 0 Å². The molecule has 1 aromatic heterocycles. The topological polar surface area (TPSA) is 113 Å². The third-order valence-corrected chi connectivity index (χ3v) is 4.23. The van der Waals surface area contributed by atoms with Crippen LogP contribution in [0.3, 0.4) is 0 Å². The molecule has 3 aromatic rings. The number of benzene rings is 2. The Kier molecular flexibility index (Phi) is 4.40. The lowest BCUT2D eigenvalue weighted by atomic mass is 10.00. The number of nitrogens with zero attached hydrogens (tertiary/aromatic N) is 5. The van der Waals surface area contributed by atoms with E-state index >= 15 is 0 Å². The highest BCUT2D eigenvalue weighted by atomic mass is 16.6. The average molecular weight is 377 g/mol. The molecular formula is C19H15N5O4. The molecule has 9 heteroatoms. The van der Waals surface area contributed by atoms with Gasteiger partial charge in [-0.05, 0) is 13.0 Å². The van der Waals surface area contributed by atoms with Gasteiger partial charge in [-0.3, -0.25) is 15.1 Å². The van der Waals surface area contributed by atoms with Crippen LogP contribution in [0, 0.1) is 10.1 Å². The number of hydrogen-bond acceptors (Lipinski definition) is 7. The summed E-state index contributed by atoms with van der Waals surface area (Å²) in [6.45, 7) is 2.07. The van der Waals surface area contributed by atoms with Gasteiger partial charge < -0.3 is 4.74 Å². The maximum Gasteiger partial charge on any atom is 0.378 e. The molecule has 0 amide bonds. The van der Waals surface area contributed by atoms with Crippen LogP contribution in [0.4, 0.5) is 5.69 Å². The molecule has 0 atom stereocenters. The van der Waals surface area contributed by atoms with Gasteiger partial charge in [0.05, 0.1) is 29.5 Å². The molecule has 0 fully saturated rings. The molecule has 28 heavy (non-hydrogen) atoms. The molecule has 4 rings (SSSR count). The fraction of sp³-hybridized carbons (Fsp3) is 0.158. The molecule has 140 valence electrons. The maximum absolute atomic E-state index is 12.0. The highest BCUT2D eigenvalue weighted by molar-refractivity contribution is 6.15. The van der Waals surface area contributed by atoms with E-state index in [9.17, 15) is 14.9 Å². The van der Waals surface area contributed by atoms with E-state index in [1.807, 2.05) is 30.3 Å². The van der Waals surface area contributed by atoms with E-state index in [0.29, 0.717) is 22.8 Å². The Morgan fingerprint density at radius 2 is 2.04 bits per heavy atom. The number of fused-ring (bicyclic) bond motifs is 3. The van der Waals surface area contributed by atoms with Crippen molar-refractivity contribution in [1.82, 2.24) is 14.8 Å². The third kappa shape index (κ3) is 3.02. The molecule has 0 saturated carbocycles. The van der Waals surface area contributed by atoms with Crippen LogP contribution in [-0.2, 0) is 11.3 Å². The first-order valence-corrected chi connectivity index (χ1v) is 8.60. The maximum atomic E-state index is 12.0. The van der Waals surface area contributed by atoms with E-state index in [2.05, 4.69) is 15.1 Å². The van der Waals surface area contributed by atoms with Crippen molar-refractivity contribution in [2.45, 2.75) is 13.5 Å². The molecule has 0 aliphatic carbocycles. The van der Waals surface area contributed by atoms with Gasteiger partial charge in [0, 0.05) is 23.3 Å². The van der Waals surface area contributed by atoms with Gasteiger partial charge in [-0.25, -0.2) is 14.5 Å². The first kappa shape index (κ1) is 17.5. The van der Waals surface area contributed by atoms with Crippen molar-refractivity contribution in [2.24, 2.45) is 4.99 Å². The number of carbonyl (C=O) groups excluding carboxylic acids is 1. The van der Waals surface area contributed by atoms with Gasteiger partial charge >= 0.3 is 5.97 Å². The molecule has 0 spiro atoms. The fourth-order valence-corrected chi connectivity index (χ4v) is 3.01. The molecule has 2 aromatic carbocycles. The number of carbonyl (C=O) groups is 1. The average Bonchev–Trinajstić information content (AvgIpc) is 3.07. The van der Waals surface area contributed by atoms with E-state index in [4.69, 9.17) is 4.74 Å². The van der Waals surface area contributed by atoms with Crippen LogP contribution in [0.15, 0.2) is 53.5 Å². The molecule has 0 bridgehead atoms. The summed E-state index contributed by atoms with van der Waals surface area (Å²) in [6.07, 6.45) is 0. The van der Waals surface area contributed by atoms with Crippen LogP contribution in [0.25, 0.3) is 5.69 Å². The highest BCUT2D eigenvalue weighted by Gasteiger charge is 2.25. The number of hydrogen-bond donors (Lipinski definition) is 0. The van der Waals surface area contributed by atoms with Crippen molar-refractivity contribution in [1.29, 1.82) is 0 Å². The summed E-state index contributed by atoms with van der Waals surface area (Å²) in [7, 11) is 0. The monoisotopic (exact) mass is 377 g/mol. The van der Waals surface area contributed by atoms with Gasteiger partial charge in [-0.15, -0.1) is 5.10 Å². The molecule has 2 heterocycles. The van der Waals surface area contributed by atoms with Crippen LogP contribution >= 0.6 is 0 Å². The van der Waals surface area contributed by atoms with E-state index < -0.39 is 10.9 Å². The minimum absolute atomic E-state index is 0.0587. The molecule has 9 nitrogen and oxygen atoms in total. The zero-order valence-corrected chi connectivity index (χ0v) is 14.9. The third-order valence-electron chi connectivity index (χ3n) is 4.23. The second-order valence-corrected chi connectivity index (χ2v) is 5.97. The van der Waals surface area contributed by atoms with Gasteiger partial charge in [0.2, 0.25) is 0 Å². The van der Waals surface area contributed by atoms with Crippen molar-refractivity contribution >= 4 is 17.4 Å². The van der Waals surface area contributed by atoms with E-state index in [-0.39, 0.29) is 24.7 Å². The number of nitro benzene ring substituents is 1. The van der Waals surface area contributed by atoms with E-state index in [0.717, 1.165) is 5.56 Å². The van der Waals surface area contributed by atoms with E-state index in [1.165, 1.54) is 16.8 Å². The Morgan fingerprint density at radius 1 is 1.25 bits per heavy atom. The normalized spacial score (nSPS) is 12.4. The number of esters is 1. The van der Waals surface area contributed by atoms with Crippen LogP contribution < -0.4 is 0 Å². The molecular weight excluding hydrogens is 362 g/mol. The summed E-state index contributed by atoms with van der Waals surface area (Å²) in [5.74, 6) is -0.248. The van der Waals surface area contributed by atoms with Gasteiger partial charge in [-0.1, -0.05) is 30.3 Å². The van der Waals surface area contributed by atoms with Crippen LogP contribution in [-0.4, -0.2) is 38.0 Å². The largest absolute Gasteiger partial charge is 0.460 e. The van der Waals surface area contributed by atoms with Gasteiger partial charge in [0.25, 0.3) is 11.5 Å². The van der Waals surface area contributed by atoms with E-state index in [1.54, 1.807) is 13.0 Å². The Bertz CT molecular complexity index is 1100. The Morgan fingerprint density at radius 3 is 2.75 bits per heavy atom. The zero-order chi connectivity index (χ0) is 19.7. The van der Waals surface area contributed by atoms with Gasteiger partial charge in [0.15, 0.2) is 5.82 Å². The second kappa shape index (κ2) is 7.03. The lowest BCUT2D eigenvalue weighted by molar-refractivity contribution is -0.384. The second-order valence-electron chi connectivity index (χ2n) is 5.97. The summed E-state index contributed by atoms with van der Waals surface area (Å²) < 4.78 is 6.45. The Labute approximate surface area is 159 Å². The van der Waals surface area contributed by atoms with Crippen molar-refractivity contribution < 1.29 is 14.5 Å². The van der Waals surface area contributed by atoms with Gasteiger partial charge in [0.1, 0.15) is 0 Å². The minimum atomic E-state index is -0.626. The zero-order valence-electron chi connectivity index (χ0n) is 14.9. The number of aromatic nitrogens is 3. The van der Waals surface area contributed by atoms with Crippen molar-refractivity contribution in [2.75, 3.05) is 6.61 Å².